The lowest BCUT2D eigenvalue weighted by atomic mass is 10.3. The summed E-state index contributed by atoms with van der Waals surface area (Å²) >= 11 is 4.92. The van der Waals surface area contributed by atoms with Crippen molar-refractivity contribution < 1.29 is 9.59 Å². The fourth-order valence-corrected chi connectivity index (χ4v) is 2.36. The molecule has 1 aliphatic heterocycles. The third-order valence-electron chi connectivity index (χ3n) is 3.33. The van der Waals surface area contributed by atoms with Gasteiger partial charge in [-0.3, -0.25) is 15.0 Å². The van der Waals surface area contributed by atoms with Crippen LogP contribution in [0.2, 0.25) is 0 Å². The van der Waals surface area contributed by atoms with Crippen LogP contribution in [-0.2, 0) is 9.59 Å². The molecule has 0 unspecified atom stereocenters. The number of anilines is 2. The summed E-state index contributed by atoms with van der Waals surface area (Å²) in [7, 11) is 0. The van der Waals surface area contributed by atoms with Gasteiger partial charge in [-0.05, 0) is 37.1 Å². The van der Waals surface area contributed by atoms with Crippen LogP contribution < -0.4 is 16.5 Å². The number of nitrogens with zero attached hydrogens (tertiary/aromatic N) is 2. The number of amides is 2. The van der Waals surface area contributed by atoms with Gasteiger partial charge >= 0.3 is 0 Å². The number of benzene rings is 1. The summed E-state index contributed by atoms with van der Waals surface area (Å²) in [6, 6.07) is 6.91. The number of nitrogens with two attached hydrogens (primary N) is 1. The number of hydrogen-bond acceptors (Lipinski definition) is 5. The summed E-state index contributed by atoms with van der Waals surface area (Å²) in [6.45, 7) is 2.84. The van der Waals surface area contributed by atoms with Crippen molar-refractivity contribution in [3.8, 4) is 0 Å². The molecule has 23 heavy (non-hydrogen) atoms. The molecule has 0 spiro atoms. The zero-order valence-corrected chi connectivity index (χ0v) is 13.7. The molecule has 1 heterocycles. The Bertz CT molecular complexity index is 636. The molecule has 0 atom stereocenters. The molecule has 122 valence electrons. The van der Waals surface area contributed by atoms with Gasteiger partial charge in [0.2, 0.25) is 5.91 Å². The number of likely N-dealkylation sites (tertiary alicyclic amines) is 1. The minimum atomic E-state index is -0.252. The van der Waals surface area contributed by atoms with E-state index in [1.54, 1.807) is 29.2 Å². The summed E-state index contributed by atoms with van der Waals surface area (Å²) < 4.78 is 0. The standard InChI is InChI=1S/C15H19N5O2S/c1-10(21)17-11-4-6-12(7-5-11)18-19-13(14(16)23)15(22)20-8-2-3-9-20/h4-7,18H,2-3,8-9H2,1H3,(H2,16,23)(H,17,21)/b19-13+. The molecule has 7 nitrogen and oxygen atoms in total. The second kappa shape index (κ2) is 7.68. The van der Waals surface area contributed by atoms with E-state index >= 15 is 0 Å². The zero-order valence-electron chi connectivity index (χ0n) is 12.8. The van der Waals surface area contributed by atoms with Gasteiger partial charge < -0.3 is 16.0 Å². The van der Waals surface area contributed by atoms with Crippen LogP contribution in [0.5, 0.6) is 0 Å². The van der Waals surface area contributed by atoms with Crippen molar-refractivity contribution in [1.82, 2.24) is 4.90 Å². The highest BCUT2D eigenvalue weighted by Crippen LogP contribution is 2.14. The van der Waals surface area contributed by atoms with E-state index in [2.05, 4.69) is 15.8 Å². The van der Waals surface area contributed by atoms with E-state index in [1.165, 1.54) is 6.92 Å². The third-order valence-corrected chi connectivity index (χ3v) is 3.52. The van der Waals surface area contributed by atoms with Crippen LogP contribution in [0.15, 0.2) is 29.4 Å². The van der Waals surface area contributed by atoms with E-state index in [1.807, 2.05) is 0 Å². The fourth-order valence-electron chi connectivity index (χ4n) is 2.23. The Hall–Kier alpha value is -2.48. The molecule has 1 aromatic carbocycles. The highest BCUT2D eigenvalue weighted by molar-refractivity contribution is 7.82. The second-order valence-electron chi connectivity index (χ2n) is 5.19. The Morgan fingerprint density at radius 1 is 1.17 bits per heavy atom. The van der Waals surface area contributed by atoms with E-state index in [4.69, 9.17) is 18.0 Å². The first kappa shape index (κ1) is 16.9. The van der Waals surface area contributed by atoms with E-state index < -0.39 is 0 Å². The summed E-state index contributed by atoms with van der Waals surface area (Å²) in [4.78, 5) is 24.9. The predicted molar refractivity (Wildman–Crippen MR) is 94.4 cm³/mol. The molecular formula is C15H19N5O2S. The van der Waals surface area contributed by atoms with E-state index in [-0.39, 0.29) is 22.5 Å². The van der Waals surface area contributed by atoms with Gasteiger partial charge in [0.05, 0.1) is 5.69 Å². The van der Waals surface area contributed by atoms with Crippen LogP contribution in [0.3, 0.4) is 0 Å². The summed E-state index contributed by atoms with van der Waals surface area (Å²) in [6.07, 6.45) is 1.96. The van der Waals surface area contributed by atoms with E-state index in [0.717, 1.165) is 12.8 Å². The largest absolute Gasteiger partial charge is 0.388 e. The molecule has 1 saturated heterocycles. The van der Waals surface area contributed by atoms with E-state index in [9.17, 15) is 9.59 Å². The van der Waals surface area contributed by atoms with Crippen LogP contribution in [0, 0.1) is 0 Å². The Morgan fingerprint density at radius 3 is 2.26 bits per heavy atom. The lowest BCUT2D eigenvalue weighted by Gasteiger charge is -2.16. The molecule has 0 aromatic heterocycles. The fraction of sp³-hybridized carbons (Fsp3) is 0.333. The van der Waals surface area contributed by atoms with Crippen LogP contribution in [0.4, 0.5) is 11.4 Å². The lowest BCUT2D eigenvalue weighted by molar-refractivity contribution is -0.122. The topological polar surface area (TPSA) is 99.8 Å². The summed E-state index contributed by atoms with van der Waals surface area (Å²) in [5, 5.41) is 6.72. The normalized spacial score (nSPS) is 14.5. The Balaban J connectivity index is 2.06. The average molecular weight is 333 g/mol. The number of rotatable bonds is 5. The van der Waals surface area contributed by atoms with Gasteiger partial charge in [0.25, 0.3) is 5.91 Å². The van der Waals surface area contributed by atoms with Gasteiger partial charge in [-0.15, -0.1) is 0 Å². The number of carbonyl (C=O) groups is 2. The average Bonchev–Trinajstić information content (AvgIpc) is 3.02. The van der Waals surface area contributed by atoms with Crippen LogP contribution in [-0.4, -0.2) is 40.5 Å². The molecule has 1 aromatic rings. The Morgan fingerprint density at radius 2 is 1.74 bits per heavy atom. The molecule has 0 bridgehead atoms. The number of carbonyl (C=O) groups excluding carboxylic acids is 2. The van der Waals surface area contributed by atoms with Crippen LogP contribution in [0.25, 0.3) is 0 Å². The van der Waals surface area contributed by atoms with Crippen molar-refractivity contribution in [3.63, 3.8) is 0 Å². The molecule has 0 radical (unpaired) electrons. The second-order valence-corrected chi connectivity index (χ2v) is 5.63. The van der Waals surface area contributed by atoms with Crippen molar-refractivity contribution >= 4 is 46.1 Å². The molecule has 1 fully saturated rings. The highest BCUT2D eigenvalue weighted by Gasteiger charge is 2.24. The first-order valence-corrected chi connectivity index (χ1v) is 7.68. The van der Waals surface area contributed by atoms with Crippen molar-refractivity contribution in [2.75, 3.05) is 23.8 Å². The number of nitrogens with one attached hydrogen (secondary N) is 2. The van der Waals surface area contributed by atoms with Crippen LogP contribution in [0.1, 0.15) is 19.8 Å². The zero-order chi connectivity index (χ0) is 16.8. The van der Waals surface area contributed by atoms with Crippen molar-refractivity contribution in [2.45, 2.75) is 19.8 Å². The van der Waals surface area contributed by atoms with Gasteiger partial charge in [0, 0.05) is 25.7 Å². The summed E-state index contributed by atoms with van der Waals surface area (Å²) in [5.74, 6) is -0.395. The minimum absolute atomic E-state index is 0.0377. The van der Waals surface area contributed by atoms with Crippen molar-refractivity contribution in [3.05, 3.63) is 24.3 Å². The highest BCUT2D eigenvalue weighted by atomic mass is 32.1. The Kier molecular flexibility index (Phi) is 5.64. The van der Waals surface area contributed by atoms with Crippen molar-refractivity contribution in [2.24, 2.45) is 10.8 Å². The SMILES string of the molecule is CC(=O)Nc1ccc(N/N=C(/C(=O)N2CCCC2)C(N)=S)cc1. The predicted octanol–water partition coefficient (Wildman–Crippen LogP) is 1.32. The monoisotopic (exact) mass is 333 g/mol. The molecule has 2 amide bonds. The number of hydrazone groups is 1. The first-order valence-electron chi connectivity index (χ1n) is 7.28. The molecule has 8 heteroatoms. The maximum Gasteiger partial charge on any atom is 0.277 e. The molecular weight excluding hydrogens is 314 g/mol. The molecule has 0 aliphatic carbocycles. The van der Waals surface area contributed by atoms with Crippen molar-refractivity contribution in [1.29, 1.82) is 0 Å². The Labute approximate surface area is 139 Å². The van der Waals surface area contributed by atoms with Gasteiger partial charge in [-0.25, -0.2) is 0 Å². The molecule has 4 N–H and O–H groups in total. The van der Waals surface area contributed by atoms with Gasteiger partial charge in [-0.1, -0.05) is 12.2 Å². The minimum Gasteiger partial charge on any atom is -0.388 e. The van der Waals surface area contributed by atoms with E-state index in [0.29, 0.717) is 24.5 Å². The number of hydrogen-bond donors (Lipinski definition) is 3. The van der Waals surface area contributed by atoms with Gasteiger partial charge in [0.15, 0.2) is 5.71 Å². The third kappa shape index (κ3) is 4.75. The number of thiocarbonyl (C=S) groups is 1. The van der Waals surface area contributed by atoms with Gasteiger partial charge in [-0.2, -0.15) is 5.10 Å². The maximum atomic E-state index is 12.3. The summed E-state index contributed by atoms with van der Waals surface area (Å²) in [5.41, 5.74) is 9.76. The van der Waals surface area contributed by atoms with Crippen LogP contribution >= 0.6 is 12.2 Å². The lowest BCUT2D eigenvalue weighted by Crippen LogP contribution is -2.40. The maximum absolute atomic E-state index is 12.3. The molecule has 0 saturated carbocycles. The quantitative estimate of drug-likeness (QED) is 0.429. The molecule has 2 rings (SSSR count). The molecule has 1 aliphatic rings. The van der Waals surface area contributed by atoms with Gasteiger partial charge in [0.1, 0.15) is 4.99 Å². The first-order chi connectivity index (χ1) is 11.0. The smallest absolute Gasteiger partial charge is 0.277 e.